The zero-order valence-corrected chi connectivity index (χ0v) is 8.11. The van der Waals surface area contributed by atoms with Crippen molar-refractivity contribution in [2.45, 2.75) is 25.4 Å². The number of esters is 1. The van der Waals surface area contributed by atoms with Gasteiger partial charge in [-0.3, -0.25) is 4.79 Å². The molecule has 0 aliphatic carbocycles. The molecule has 0 aromatic rings. The van der Waals surface area contributed by atoms with E-state index in [9.17, 15) is 26.7 Å². The van der Waals surface area contributed by atoms with Gasteiger partial charge in [0.25, 0.3) is 5.76 Å². The smallest absolute Gasteiger partial charge is 0.415 e. The Bertz CT molecular complexity index is 289. The first-order valence-corrected chi connectivity index (χ1v) is 4.23. The molecule has 0 saturated carbocycles. The van der Waals surface area contributed by atoms with Gasteiger partial charge in [-0.2, -0.15) is 22.0 Å². The van der Waals surface area contributed by atoms with Crippen LogP contribution in [0.1, 0.15) is 19.3 Å². The Hall–Kier alpha value is -1.40. The summed E-state index contributed by atoms with van der Waals surface area (Å²) in [6.07, 6.45) is -6.78. The first-order chi connectivity index (χ1) is 7.29. The number of unbranched alkanes of at least 4 members (excludes halogenated alkanes) is 1. The van der Waals surface area contributed by atoms with Gasteiger partial charge in [0.05, 0.1) is 0 Å². The van der Waals surface area contributed by atoms with E-state index in [-0.39, 0.29) is 12.8 Å². The molecule has 16 heavy (non-hydrogen) atoms. The highest BCUT2D eigenvalue weighted by molar-refractivity contribution is 5.70. The van der Waals surface area contributed by atoms with Gasteiger partial charge in [-0.25, -0.2) is 0 Å². The molecule has 0 N–H and O–H groups in total. The molecule has 0 atom stereocenters. The molecule has 0 rings (SSSR count). The molecule has 0 aliphatic rings. The van der Waals surface area contributed by atoms with E-state index >= 15 is 0 Å². The molecular formula is C9H9F5O2. The summed E-state index contributed by atoms with van der Waals surface area (Å²) in [5.74, 6) is -3.89. The number of rotatable bonds is 5. The fraction of sp³-hybridized carbons (Fsp3) is 0.444. The highest BCUT2D eigenvalue weighted by Crippen LogP contribution is 2.30. The molecule has 0 spiro atoms. The van der Waals surface area contributed by atoms with Crippen molar-refractivity contribution in [3.63, 3.8) is 0 Å². The van der Waals surface area contributed by atoms with E-state index in [1.807, 2.05) is 0 Å². The summed E-state index contributed by atoms with van der Waals surface area (Å²) in [7, 11) is 0. The van der Waals surface area contributed by atoms with Crippen molar-refractivity contribution in [1.29, 1.82) is 0 Å². The summed E-state index contributed by atoms with van der Waals surface area (Å²) in [5.41, 5.74) is 0. The van der Waals surface area contributed by atoms with Gasteiger partial charge in [0.1, 0.15) is 0 Å². The third kappa shape index (κ3) is 5.47. The maximum atomic E-state index is 11.9. The van der Waals surface area contributed by atoms with Crippen LogP contribution in [0.15, 0.2) is 24.5 Å². The number of allylic oxidation sites excluding steroid dienone is 2. The lowest BCUT2D eigenvalue weighted by Crippen LogP contribution is -2.19. The topological polar surface area (TPSA) is 26.3 Å². The molecule has 0 saturated heterocycles. The summed E-state index contributed by atoms with van der Waals surface area (Å²) in [5, 5.41) is 0. The molecule has 2 nitrogen and oxygen atoms in total. The molecule has 0 unspecified atom stereocenters. The van der Waals surface area contributed by atoms with Crippen molar-refractivity contribution in [3.8, 4) is 0 Å². The van der Waals surface area contributed by atoms with Gasteiger partial charge in [-0.05, 0) is 12.8 Å². The van der Waals surface area contributed by atoms with Crippen molar-refractivity contribution < 1.29 is 31.5 Å². The molecule has 0 bridgehead atoms. The minimum atomic E-state index is -5.37. The highest BCUT2D eigenvalue weighted by atomic mass is 19.4. The highest BCUT2D eigenvalue weighted by Gasteiger charge is 2.41. The fourth-order valence-electron chi connectivity index (χ4n) is 0.759. The van der Waals surface area contributed by atoms with Crippen molar-refractivity contribution in [3.05, 3.63) is 24.5 Å². The lowest BCUT2D eigenvalue weighted by molar-refractivity contribution is -0.163. The molecule has 0 aliphatic heterocycles. The van der Waals surface area contributed by atoms with Gasteiger partial charge in [-0.1, -0.05) is 6.08 Å². The van der Waals surface area contributed by atoms with Crippen LogP contribution in [-0.4, -0.2) is 12.1 Å². The molecule has 0 heterocycles. The van der Waals surface area contributed by atoms with Crippen LogP contribution in [0.25, 0.3) is 0 Å². The SMILES string of the molecule is C=CCCCC(=O)OC(=C(F)F)C(F)(F)F. The Morgan fingerprint density at radius 2 is 1.88 bits per heavy atom. The van der Waals surface area contributed by atoms with Crippen LogP contribution in [0.4, 0.5) is 22.0 Å². The minimum Gasteiger partial charge on any atom is -0.415 e. The minimum absolute atomic E-state index is 0.196. The van der Waals surface area contributed by atoms with E-state index in [2.05, 4.69) is 11.3 Å². The van der Waals surface area contributed by atoms with E-state index in [1.54, 1.807) is 0 Å². The van der Waals surface area contributed by atoms with Gasteiger partial charge in [0, 0.05) is 6.42 Å². The quantitative estimate of drug-likeness (QED) is 0.243. The van der Waals surface area contributed by atoms with E-state index in [0.717, 1.165) is 0 Å². The maximum Gasteiger partial charge on any atom is 0.455 e. The number of alkyl halides is 3. The summed E-state index contributed by atoms with van der Waals surface area (Å²) in [6, 6.07) is 0. The summed E-state index contributed by atoms with van der Waals surface area (Å²) >= 11 is 0. The van der Waals surface area contributed by atoms with Crippen molar-refractivity contribution in [1.82, 2.24) is 0 Å². The Balaban J connectivity index is 4.39. The van der Waals surface area contributed by atoms with Gasteiger partial charge in [0.15, 0.2) is 0 Å². The summed E-state index contributed by atoms with van der Waals surface area (Å²) < 4.78 is 62.8. The fourth-order valence-corrected chi connectivity index (χ4v) is 0.759. The lowest BCUT2D eigenvalue weighted by Gasteiger charge is -2.10. The predicted molar refractivity (Wildman–Crippen MR) is 45.4 cm³/mol. The summed E-state index contributed by atoms with van der Waals surface area (Å²) in [6.45, 7) is 3.32. The van der Waals surface area contributed by atoms with Crippen LogP contribution in [-0.2, 0) is 9.53 Å². The Morgan fingerprint density at radius 3 is 2.25 bits per heavy atom. The standard InChI is InChI=1S/C9H9F5O2/c1-2-3-4-5-6(15)16-7(8(10)11)9(12,13)14/h2H,1,3-5H2. The number of ether oxygens (including phenoxy) is 1. The number of carbonyl (C=O) groups is 1. The number of carbonyl (C=O) groups excluding carboxylic acids is 1. The molecule has 0 amide bonds. The van der Waals surface area contributed by atoms with Crippen LogP contribution in [0, 0.1) is 0 Å². The molecule has 7 heteroatoms. The molecular weight excluding hydrogens is 235 g/mol. The Kier molecular flexibility index (Phi) is 5.69. The van der Waals surface area contributed by atoms with E-state index in [4.69, 9.17) is 0 Å². The molecule has 0 aromatic heterocycles. The normalized spacial score (nSPS) is 10.8. The van der Waals surface area contributed by atoms with Crippen molar-refractivity contribution in [2.24, 2.45) is 0 Å². The van der Waals surface area contributed by atoms with Gasteiger partial charge >= 0.3 is 18.2 Å². The molecule has 0 fully saturated rings. The predicted octanol–water partition coefficient (Wildman–Crippen LogP) is 3.56. The molecule has 0 aromatic carbocycles. The average Bonchev–Trinajstić information content (AvgIpc) is 2.12. The first kappa shape index (κ1) is 14.6. The second-order valence-electron chi connectivity index (χ2n) is 2.74. The largest absolute Gasteiger partial charge is 0.455 e. The van der Waals surface area contributed by atoms with Crippen LogP contribution in [0.2, 0.25) is 0 Å². The van der Waals surface area contributed by atoms with Crippen molar-refractivity contribution in [2.75, 3.05) is 0 Å². The third-order valence-corrected chi connectivity index (χ3v) is 1.43. The number of hydrogen-bond donors (Lipinski definition) is 0. The molecule has 92 valence electrons. The third-order valence-electron chi connectivity index (χ3n) is 1.43. The first-order valence-electron chi connectivity index (χ1n) is 4.23. The van der Waals surface area contributed by atoms with Crippen LogP contribution in [0.5, 0.6) is 0 Å². The second kappa shape index (κ2) is 6.24. The second-order valence-corrected chi connectivity index (χ2v) is 2.74. The van der Waals surface area contributed by atoms with Gasteiger partial charge < -0.3 is 4.74 Å². The van der Waals surface area contributed by atoms with Crippen LogP contribution in [0.3, 0.4) is 0 Å². The number of hydrogen-bond acceptors (Lipinski definition) is 2. The summed E-state index contributed by atoms with van der Waals surface area (Å²) in [4.78, 5) is 10.8. The zero-order chi connectivity index (χ0) is 12.8. The van der Waals surface area contributed by atoms with Crippen LogP contribution < -0.4 is 0 Å². The number of halogens is 5. The average molecular weight is 244 g/mol. The van der Waals surface area contributed by atoms with E-state index < -0.39 is 24.0 Å². The Morgan fingerprint density at radius 1 is 1.31 bits per heavy atom. The zero-order valence-electron chi connectivity index (χ0n) is 8.11. The van der Waals surface area contributed by atoms with Gasteiger partial charge in [0.2, 0.25) is 0 Å². The van der Waals surface area contributed by atoms with E-state index in [0.29, 0.717) is 6.42 Å². The lowest BCUT2D eigenvalue weighted by atomic mass is 10.2. The van der Waals surface area contributed by atoms with Gasteiger partial charge in [-0.15, -0.1) is 6.58 Å². The molecule has 0 radical (unpaired) electrons. The van der Waals surface area contributed by atoms with E-state index in [1.165, 1.54) is 6.08 Å². The van der Waals surface area contributed by atoms with Crippen molar-refractivity contribution >= 4 is 5.97 Å². The monoisotopic (exact) mass is 244 g/mol. The maximum absolute atomic E-state index is 11.9. The van der Waals surface area contributed by atoms with Crippen LogP contribution >= 0.6 is 0 Å². The Labute approximate surface area is 88.4 Å².